The van der Waals surface area contributed by atoms with Crippen LogP contribution in [-0.4, -0.2) is 31.0 Å². The van der Waals surface area contributed by atoms with Gasteiger partial charge in [-0.3, -0.25) is 0 Å². The molecule has 0 atom stereocenters. The summed E-state index contributed by atoms with van der Waals surface area (Å²) in [6.07, 6.45) is 13.1. The molecule has 316 valence electrons. The van der Waals surface area contributed by atoms with E-state index in [2.05, 4.69) is 155 Å². The van der Waals surface area contributed by atoms with Crippen molar-refractivity contribution in [3.05, 3.63) is 164 Å². The van der Waals surface area contributed by atoms with E-state index in [9.17, 15) is 0 Å². The molecule has 0 saturated carbocycles. The van der Waals surface area contributed by atoms with Crippen LogP contribution < -0.4 is 35.9 Å². The summed E-state index contributed by atoms with van der Waals surface area (Å²) in [4.78, 5) is 0. The van der Waals surface area contributed by atoms with Crippen molar-refractivity contribution >= 4 is 0 Å². The van der Waals surface area contributed by atoms with E-state index in [0.717, 1.165) is 66.4 Å². The molecule has 1 aliphatic carbocycles. The van der Waals surface area contributed by atoms with Crippen molar-refractivity contribution in [1.82, 2.24) is 4.57 Å². The fraction of sp³-hybridized carbons (Fsp3) is 0.377. The Labute approximate surface area is 364 Å². The lowest BCUT2D eigenvalue weighted by molar-refractivity contribution is -0.687. The van der Waals surface area contributed by atoms with Gasteiger partial charge in [0.05, 0.1) is 26.4 Å². The van der Waals surface area contributed by atoms with Crippen LogP contribution in [0.3, 0.4) is 0 Å². The van der Waals surface area contributed by atoms with Gasteiger partial charge in [-0.2, -0.15) is 0 Å². The first-order valence-electron chi connectivity index (χ1n) is 21.9. The SMILES string of the molecule is CCCOc1c2cccc1Cc1cccc(c1OCCC)Cc1cc(C[n+]3ccn(-c4c(C)cc(C)cc4C)c3)cc(c1OCCC)Cc1cccc(c1OCCC)C2.[Cl-]. The van der Waals surface area contributed by atoms with Crippen LogP contribution in [0.5, 0.6) is 23.0 Å². The lowest BCUT2D eigenvalue weighted by atomic mass is 9.90. The largest absolute Gasteiger partial charge is 1.00 e. The standard InChI is InChI=1S/C53H63N2O4.ClH/c1-8-23-56-50-41-15-12-16-42(50)32-44-18-14-20-46(52(44)58-25-10-3)34-48-30-40(35-54-21-22-55(36-54)49-38(6)27-37(5)28-39(49)7)29-47(53(48)59-26-11-4)33-45-19-13-17-43(31-41)51(45)57-24-9-2;/h12-22,27-30,36H,8-11,23-26,31-35H2,1-7H3;1H/q+1;/p-1. The zero-order valence-corrected chi connectivity index (χ0v) is 37.6. The first-order valence-corrected chi connectivity index (χ1v) is 21.9. The number of benzene rings is 5. The maximum absolute atomic E-state index is 6.83. The molecule has 0 radical (unpaired) electrons. The fourth-order valence-corrected chi connectivity index (χ4v) is 8.72. The van der Waals surface area contributed by atoms with E-state index in [0.29, 0.717) is 52.1 Å². The van der Waals surface area contributed by atoms with Crippen molar-refractivity contribution in [3.8, 4) is 28.7 Å². The highest BCUT2D eigenvalue weighted by Gasteiger charge is 2.23. The molecule has 1 aromatic heterocycles. The van der Waals surface area contributed by atoms with Crippen LogP contribution in [0.25, 0.3) is 5.69 Å². The summed E-state index contributed by atoms with van der Waals surface area (Å²) >= 11 is 0. The Morgan fingerprint density at radius 1 is 0.500 bits per heavy atom. The maximum Gasteiger partial charge on any atom is 0.249 e. The molecule has 1 aliphatic rings. The van der Waals surface area contributed by atoms with Gasteiger partial charge in [0.2, 0.25) is 6.33 Å². The number of aryl methyl sites for hydroxylation is 3. The molecule has 60 heavy (non-hydrogen) atoms. The quantitative estimate of drug-likeness (QED) is 0.0973. The highest BCUT2D eigenvalue weighted by molar-refractivity contribution is 5.57. The van der Waals surface area contributed by atoms with E-state index in [1.165, 1.54) is 61.3 Å². The second-order valence-corrected chi connectivity index (χ2v) is 16.3. The van der Waals surface area contributed by atoms with Crippen molar-refractivity contribution in [1.29, 1.82) is 0 Å². The summed E-state index contributed by atoms with van der Waals surface area (Å²) in [5.41, 5.74) is 15.6. The first kappa shape index (κ1) is 44.4. The van der Waals surface area contributed by atoms with E-state index < -0.39 is 0 Å². The summed E-state index contributed by atoms with van der Waals surface area (Å²) in [5.74, 6) is 3.88. The Kier molecular flexibility index (Phi) is 15.4. The Hall–Kier alpha value is -5.20. The van der Waals surface area contributed by atoms with Gasteiger partial charge < -0.3 is 31.4 Å². The predicted molar refractivity (Wildman–Crippen MR) is 239 cm³/mol. The van der Waals surface area contributed by atoms with Crippen LogP contribution in [0.4, 0.5) is 0 Å². The van der Waals surface area contributed by atoms with Crippen molar-refractivity contribution in [3.63, 3.8) is 0 Å². The molecule has 5 aromatic carbocycles. The molecule has 7 heteroatoms. The number of ether oxygens (including phenoxy) is 4. The third-order valence-electron chi connectivity index (χ3n) is 11.1. The minimum atomic E-state index is 0. The first-order chi connectivity index (χ1) is 28.8. The smallest absolute Gasteiger partial charge is 0.249 e. The van der Waals surface area contributed by atoms with Crippen LogP contribution in [-0.2, 0) is 32.2 Å². The lowest BCUT2D eigenvalue weighted by Gasteiger charge is -2.23. The Bertz CT molecular complexity index is 2250. The third-order valence-corrected chi connectivity index (χ3v) is 11.1. The third kappa shape index (κ3) is 10.2. The number of aromatic nitrogens is 2. The lowest BCUT2D eigenvalue weighted by Crippen LogP contribution is -3.00. The monoisotopic (exact) mass is 826 g/mol. The topological polar surface area (TPSA) is 45.7 Å². The summed E-state index contributed by atoms with van der Waals surface area (Å²) in [7, 11) is 0. The number of nitrogens with zero attached hydrogens (tertiary/aromatic N) is 2. The van der Waals surface area contributed by atoms with Crippen molar-refractivity contribution in [2.75, 3.05) is 26.4 Å². The molecule has 0 aliphatic heterocycles. The number of hydrogen-bond donors (Lipinski definition) is 0. The molecule has 0 fully saturated rings. The van der Waals surface area contributed by atoms with Crippen molar-refractivity contribution in [2.45, 2.75) is 106 Å². The van der Waals surface area contributed by atoms with Gasteiger partial charge in [-0.15, -0.1) is 0 Å². The van der Waals surface area contributed by atoms with Gasteiger partial charge in [-0.1, -0.05) is 100.0 Å². The number of imidazole rings is 1. The summed E-state index contributed by atoms with van der Waals surface area (Å²) < 4.78 is 31.5. The summed E-state index contributed by atoms with van der Waals surface area (Å²) in [6, 6.07) is 29.2. The van der Waals surface area contributed by atoms with Crippen LogP contribution in [0.2, 0.25) is 0 Å². The number of rotatable bonds is 15. The van der Waals surface area contributed by atoms with E-state index in [1.54, 1.807) is 0 Å². The Morgan fingerprint density at radius 3 is 1.22 bits per heavy atom. The van der Waals surface area contributed by atoms with E-state index >= 15 is 0 Å². The minimum Gasteiger partial charge on any atom is -1.00 e. The molecule has 6 nitrogen and oxygen atoms in total. The number of fused-ring (bicyclic) bond motifs is 8. The predicted octanol–water partition coefficient (Wildman–Crippen LogP) is 8.57. The van der Waals surface area contributed by atoms with Gasteiger partial charge in [0.25, 0.3) is 0 Å². The van der Waals surface area contributed by atoms with Gasteiger partial charge in [0.1, 0.15) is 47.6 Å². The molecule has 0 saturated heterocycles. The van der Waals surface area contributed by atoms with Crippen LogP contribution >= 0.6 is 0 Å². The highest BCUT2D eigenvalue weighted by Crippen LogP contribution is 2.39. The van der Waals surface area contributed by atoms with Gasteiger partial charge >= 0.3 is 0 Å². The van der Waals surface area contributed by atoms with Gasteiger partial charge in [0.15, 0.2) is 0 Å². The molecule has 0 unspecified atom stereocenters. The van der Waals surface area contributed by atoms with Crippen LogP contribution in [0.15, 0.2) is 97.6 Å². The minimum absolute atomic E-state index is 0. The molecular formula is C53H63ClN2O4. The number of para-hydroxylation sites is 3. The molecule has 6 aromatic rings. The summed E-state index contributed by atoms with van der Waals surface area (Å²) in [6.45, 7) is 18.6. The highest BCUT2D eigenvalue weighted by atomic mass is 35.5. The second-order valence-electron chi connectivity index (χ2n) is 16.3. The van der Waals surface area contributed by atoms with Crippen LogP contribution in [0.1, 0.15) is 120 Å². The number of hydrogen-bond acceptors (Lipinski definition) is 4. The van der Waals surface area contributed by atoms with Gasteiger partial charge in [-0.05, 0) is 120 Å². The Balaban J connectivity index is 0.00000604. The van der Waals surface area contributed by atoms with E-state index in [1.807, 2.05) is 0 Å². The van der Waals surface area contributed by atoms with Gasteiger partial charge in [0, 0.05) is 25.7 Å². The Morgan fingerprint density at radius 2 is 0.850 bits per heavy atom. The molecule has 8 bridgehead atoms. The molecule has 0 spiro atoms. The maximum atomic E-state index is 6.83. The van der Waals surface area contributed by atoms with E-state index in [-0.39, 0.29) is 12.4 Å². The fourth-order valence-electron chi connectivity index (χ4n) is 8.72. The average molecular weight is 828 g/mol. The zero-order valence-electron chi connectivity index (χ0n) is 36.8. The second kappa shape index (κ2) is 20.9. The number of halogens is 1. The van der Waals surface area contributed by atoms with Crippen molar-refractivity contribution < 1.29 is 35.9 Å². The molecular weight excluding hydrogens is 764 g/mol. The van der Waals surface area contributed by atoms with Gasteiger partial charge in [-0.25, -0.2) is 9.13 Å². The molecule has 0 N–H and O–H groups in total. The molecule has 7 rings (SSSR count). The molecule has 1 heterocycles. The van der Waals surface area contributed by atoms with E-state index in [4.69, 9.17) is 18.9 Å². The van der Waals surface area contributed by atoms with Crippen LogP contribution in [0, 0.1) is 20.8 Å². The summed E-state index contributed by atoms with van der Waals surface area (Å²) in [5, 5.41) is 0. The zero-order chi connectivity index (χ0) is 41.3. The molecule has 0 amide bonds. The normalized spacial score (nSPS) is 12.1. The average Bonchev–Trinajstić information content (AvgIpc) is 3.66. The van der Waals surface area contributed by atoms with Crippen molar-refractivity contribution in [2.24, 2.45) is 0 Å².